The molecular formula is H2CrNO2S. The molecule has 0 atom stereocenters. The second-order valence-corrected chi connectivity index (χ2v) is 3.65. The summed E-state index contributed by atoms with van der Waals surface area (Å²) >= 11 is 1.73. The molecule has 0 radical (unpaired) electrons. The predicted molar refractivity (Wildman–Crippen MR) is 13.1 cm³/mol. The zero-order valence-electron chi connectivity index (χ0n) is 2.21. The molecule has 0 aromatic carbocycles. The van der Waals surface area contributed by atoms with Crippen molar-refractivity contribution in [3.8, 4) is 0 Å². The SMILES string of the molecule is N[S](=O)(=O)[Cr]. The van der Waals surface area contributed by atoms with Gasteiger partial charge in [-0.25, -0.2) is 0 Å². The first-order chi connectivity index (χ1) is 2.00. The Labute approximate surface area is 37.7 Å². The van der Waals surface area contributed by atoms with Crippen LogP contribution in [-0.4, -0.2) is 8.42 Å². The average molecular weight is 132 g/mol. The summed E-state index contributed by atoms with van der Waals surface area (Å²) in [5, 5.41) is 4.27. The molecule has 3 nitrogen and oxygen atoms in total. The van der Waals surface area contributed by atoms with E-state index in [2.05, 4.69) is 5.14 Å². The summed E-state index contributed by atoms with van der Waals surface area (Å²) in [5.74, 6) is 0. The van der Waals surface area contributed by atoms with Crippen molar-refractivity contribution in [3.05, 3.63) is 0 Å². The number of rotatable bonds is 0. The fraction of sp³-hybridized carbons (Fsp3) is 0. The summed E-state index contributed by atoms with van der Waals surface area (Å²) in [4.78, 5) is 0. The predicted octanol–water partition coefficient (Wildman–Crippen LogP) is -1.26. The van der Waals surface area contributed by atoms with Crippen LogP contribution < -0.4 is 5.14 Å². The quantitative estimate of drug-likeness (QED) is 0.447. The molecule has 5 heteroatoms. The van der Waals surface area contributed by atoms with Gasteiger partial charge in [-0.05, 0) is 0 Å². The molecule has 0 aromatic heterocycles. The molecule has 0 aromatic rings. The van der Waals surface area contributed by atoms with E-state index < -0.39 is 8.39 Å². The van der Waals surface area contributed by atoms with Gasteiger partial charge in [-0.1, -0.05) is 0 Å². The van der Waals surface area contributed by atoms with Gasteiger partial charge in [0.05, 0.1) is 0 Å². The van der Waals surface area contributed by atoms with E-state index >= 15 is 0 Å². The van der Waals surface area contributed by atoms with Gasteiger partial charge < -0.3 is 0 Å². The average Bonchev–Trinajstić information content (AvgIpc) is 0.722. The van der Waals surface area contributed by atoms with Gasteiger partial charge in [-0.15, -0.1) is 0 Å². The summed E-state index contributed by atoms with van der Waals surface area (Å²) in [5.41, 5.74) is 0. The van der Waals surface area contributed by atoms with E-state index in [4.69, 9.17) is 0 Å². The third-order valence-corrected chi connectivity index (χ3v) is 0. The molecule has 0 bridgehead atoms. The van der Waals surface area contributed by atoms with Crippen molar-refractivity contribution in [2.75, 3.05) is 0 Å². The van der Waals surface area contributed by atoms with Crippen molar-refractivity contribution in [1.29, 1.82) is 0 Å². The molecule has 0 aliphatic carbocycles. The van der Waals surface area contributed by atoms with E-state index in [-0.39, 0.29) is 0 Å². The second-order valence-electron chi connectivity index (χ2n) is 0.493. The molecule has 0 amide bonds. The Morgan fingerprint density at radius 1 is 1.60 bits per heavy atom. The normalized spacial score (nSPS) is 11.4. The molecule has 2 N–H and O–H groups in total. The maximum absolute atomic E-state index is 9.35. The van der Waals surface area contributed by atoms with Crippen molar-refractivity contribution in [1.82, 2.24) is 0 Å². The molecule has 0 fully saturated rings. The third kappa shape index (κ3) is 135. The van der Waals surface area contributed by atoms with Gasteiger partial charge in [0, 0.05) is 0 Å². The van der Waals surface area contributed by atoms with Crippen LogP contribution in [0.15, 0.2) is 0 Å². The van der Waals surface area contributed by atoms with Crippen LogP contribution in [-0.2, 0) is 23.5 Å². The summed E-state index contributed by atoms with van der Waals surface area (Å²) in [6.45, 7) is 0. The topological polar surface area (TPSA) is 60.2 Å². The Hall–Kier alpha value is 0.442. The van der Waals surface area contributed by atoms with Crippen LogP contribution in [0.2, 0.25) is 0 Å². The van der Waals surface area contributed by atoms with Crippen molar-refractivity contribution >= 4 is 8.39 Å². The van der Waals surface area contributed by atoms with E-state index in [0.717, 1.165) is 0 Å². The molecule has 31 valence electrons. The molecule has 0 aliphatic heterocycles. The van der Waals surface area contributed by atoms with E-state index in [0.29, 0.717) is 0 Å². The number of hydrogen-bond acceptors (Lipinski definition) is 2. The Morgan fingerprint density at radius 3 is 1.60 bits per heavy atom. The number of nitrogens with two attached hydrogens (primary N) is 1. The van der Waals surface area contributed by atoms with E-state index in [1.165, 1.54) is 0 Å². The summed E-state index contributed by atoms with van der Waals surface area (Å²) in [6, 6.07) is 0. The van der Waals surface area contributed by atoms with Gasteiger partial charge in [0.15, 0.2) is 0 Å². The summed E-state index contributed by atoms with van der Waals surface area (Å²) < 4.78 is 18.7. The first kappa shape index (κ1) is 5.44. The minimum atomic E-state index is -3.29. The molecule has 0 aliphatic rings. The summed E-state index contributed by atoms with van der Waals surface area (Å²) in [7, 11) is -3.29. The Kier molecular flexibility index (Phi) is 1.38. The summed E-state index contributed by atoms with van der Waals surface area (Å²) in [6.07, 6.45) is 0. The zero-order chi connectivity index (χ0) is 4.50. The van der Waals surface area contributed by atoms with Crippen LogP contribution in [0.3, 0.4) is 0 Å². The van der Waals surface area contributed by atoms with Crippen LogP contribution in [0.25, 0.3) is 0 Å². The van der Waals surface area contributed by atoms with Crippen LogP contribution in [0, 0.1) is 0 Å². The van der Waals surface area contributed by atoms with Crippen LogP contribution in [0.1, 0.15) is 0 Å². The van der Waals surface area contributed by atoms with E-state index in [1.807, 2.05) is 0 Å². The molecule has 0 heterocycles. The van der Waals surface area contributed by atoms with Gasteiger partial charge in [-0.2, -0.15) is 0 Å². The number of hydrogen-bond donors (Lipinski definition) is 1. The van der Waals surface area contributed by atoms with Gasteiger partial charge >= 0.3 is 37.1 Å². The Morgan fingerprint density at radius 2 is 1.60 bits per heavy atom. The molecule has 0 unspecified atom stereocenters. The van der Waals surface area contributed by atoms with Crippen LogP contribution in [0.4, 0.5) is 0 Å². The van der Waals surface area contributed by atoms with Crippen molar-refractivity contribution in [2.24, 2.45) is 5.14 Å². The maximum atomic E-state index is 9.35. The van der Waals surface area contributed by atoms with Gasteiger partial charge in [0.2, 0.25) is 0 Å². The Balaban J connectivity index is 4.06. The van der Waals surface area contributed by atoms with E-state index in [9.17, 15) is 8.42 Å². The van der Waals surface area contributed by atoms with Crippen molar-refractivity contribution < 1.29 is 23.6 Å². The fourth-order valence-corrected chi connectivity index (χ4v) is 0. The van der Waals surface area contributed by atoms with Crippen molar-refractivity contribution in [2.45, 2.75) is 0 Å². The van der Waals surface area contributed by atoms with Gasteiger partial charge in [0.1, 0.15) is 0 Å². The Bertz CT molecular complexity index is 92.8. The van der Waals surface area contributed by atoms with Crippen LogP contribution in [0.5, 0.6) is 0 Å². The molecule has 0 rings (SSSR count). The molecule has 0 saturated heterocycles. The standard InChI is InChI=1S/Cr.H2NO2S/c;1-4(2)3/h;(H2,1,2,3). The third-order valence-electron chi connectivity index (χ3n) is 0. The van der Waals surface area contributed by atoms with Crippen LogP contribution >= 0.6 is 0 Å². The van der Waals surface area contributed by atoms with Gasteiger partial charge in [-0.3, -0.25) is 0 Å². The van der Waals surface area contributed by atoms with Gasteiger partial charge in [0.25, 0.3) is 0 Å². The molecule has 0 spiro atoms. The molecule has 5 heavy (non-hydrogen) atoms. The molecular weight excluding hydrogens is 130 g/mol. The second kappa shape index (κ2) is 1.27. The zero-order valence-corrected chi connectivity index (χ0v) is 4.30. The molecule has 0 saturated carbocycles. The fourth-order valence-electron chi connectivity index (χ4n) is 0. The minimum absolute atomic E-state index is 1.73. The van der Waals surface area contributed by atoms with E-state index in [1.54, 1.807) is 15.2 Å². The first-order valence-electron chi connectivity index (χ1n) is 0.736. The monoisotopic (exact) mass is 132 g/mol. The van der Waals surface area contributed by atoms with Crippen molar-refractivity contribution in [3.63, 3.8) is 0 Å². The first-order valence-corrected chi connectivity index (χ1v) is 3.77.